The Morgan fingerprint density at radius 1 is 1.41 bits per heavy atom. The summed E-state index contributed by atoms with van der Waals surface area (Å²) in [6.07, 6.45) is 2.98. The van der Waals surface area contributed by atoms with Gasteiger partial charge in [0.15, 0.2) is 0 Å². The fraction of sp³-hybridized carbons (Fsp3) is 0.833. The molecule has 0 aromatic rings. The lowest BCUT2D eigenvalue weighted by atomic mass is 10.1. The summed E-state index contributed by atoms with van der Waals surface area (Å²) in [6.45, 7) is 3.82. The molecule has 1 saturated carbocycles. The molecule has 96 valence electrons. The van der Waals surface area contributed by atoms with Crippen molar-refractivity contribution in [3.8, 4) is 0 Å². The molecule has 0 aromatic heterocycles. The lowest BCUT2D eigenvalue weighted by molar-refractivity contribution is -0.141. The largest absolute Gasteiger partial charge is 0.481 e. The molecule has 0 aromatic carbocycles. The molecule has 2 N–H and O–H groups in total. The van der Waals surface area contributed by atoms with Gasteiger partial charge >= 0.3 is 12.0 Å². The SMILES string of the molecule is CC[C@@H]1C[C@H]1CNC(=O)N1CCC(C(=O)O)C1. The highest BCUT2D eigenvalue weighted by Crippen LogP contribution is 2.40. The lowest BCUT2D eigenvalue weighted by Gasteiger charge is -2.16. The van der Waals surface area contributed by atoms with E-state index in [1.807, 2.05) is 0 Å². The highest BCUT2D eigenvalue weighted by atomic mass is 16.4. The number of nitrogens with one attached hydrogen (secondary N) is 1. The van der Waals surface area contributed by atoms with E-state index in [-0.39, 0.29) is 11.9 Å². The molecule has 1 saturated heterocycles. The number of carboxylic acid groups (broad SMARTS) is 1. The maximum absolute atomic E-state index is 11.8. The highest BCUT2D eigenvalue weighted by molar-refractivity contribution is 5.77. The lowest BCUT2D eigenvalue weighted by Crippen LogP contribution is -2.39. The number of carbonyl (C=O) groups is 2. The third-order valence-corrected chi connectivity index (χ3v) is 3.93. The summed E-state index contributed by atoms with van der Waals surface area (Å²) in [7, 11) is 0. The van der Waals surface area contributed by atoms with Crippen LogP contribution in [0.2, 0.25) is 0 Å². The van der Waals surface area contributed by atoms with E-state index in [1.54, 1.807) is 4.90 Å². The third kappa shape index (κ3) is 2.90. The second-order valence-electron chi connectivity index (χ2n) is 5.12. The quantitative estimate of drug-likeness (QED) is 0.774. The normalized spacial score (nSPS) is 31.4. The van der Waals surface area contributed by atoms with Crippen molar-refractivity contribution >= 4 is 12.0 Å². The smallest absolute Gasteiger partial charge is 0.317 e. The van der Waals surface area contributed by atoms with E-state index in [1.165, 1.54) is 12.8 Å². The summed E-state index contributed by atoms with van der Waals surface area (Å²) in [6, 6.07) is -0.101. The van der Waals surface area contributed by atoms with Crippen LogP contribution in [0.15, 0.2) is 0 Å². The zero-order valence-corrected chi connectivity index (χ0v) is 10.2. The minimum Gasteiger partial charge on any atom is -0.481 e. The van der Waals surface area contributed by atoms with E-state index in [0.717, 1.165) is 12.5 Å². The molecule has 3 atom stereocenters. The first kappa shape index (κ1) is 12.2. The molecule has 5 nitrogen and oxygen atoms in total. The average molecular weight is 240 g/mol. The van der Waals surface area contributed by atoms with Crippen LogP contribution in [0.3, 0.4) is 0 Å². The maximum Gasteiger partial charge on any atom is 0.317 e. The van der Waals surface area contributed by atoms with Gasteiger partial charge in [-0.15, -0.1) is 0 Å². The monoisotopic (exact) mass is 240 g/mol. The molecule has 1 unspecified atom stereocenters. The predicted octanol–water partition coefficient (Wildman–Crippen LogP) is 1.15. The number of nitrogens with zero attached hydrogens (tertiary/aromatic N) is 1. The van der Waals surface area contributed by atoms with Crippen LogP contribution in [0.4, 0.5) is 4.79 Å². The van der Waals surface area contributed by atoms with E-state index < -0.39 is 5.97 Å². The van der Waals surface area contributed by atoms with Gasteiger partial charge in [-0.3, -0.25) is 4.79 Å². The number of carbonyl (C=O) groups excluding carboxylic acids is 1. The van der Waals surface area contributed by atoms with Crippen LogP contribution < -0.4 is 5.32 Å². The van der Waals surface area contributed by atoms with Crippen molar-refractivity contribution in [2.45, 2.75) is 26.2 Å². The molecule has 0 bridgehead atoms. The summed E-state index contributed by atoms with van der Waals surface area (Å²) in [4.78, 5) is 24.1. The molecule has 17 heavy (non-hydrogen) atoms. The molecule has 2 amide bonds. The maximum atomic E-state index is 11.8. The Balaban J connectivity index is 1.69. The first-order valence-corrected chi connectivity index (χ1v) is 6.37. The van der Waals surface area contributed by atoms with E-state index in [2.05, 4.69) is 12.2 Å². The van der Waals surface area contributed by atoms with Crippen molar-refractivity contribution < 1.29 is 14.7 Å². The van der Waals surface area contributed by atoms with Gasteiger partial charge in [0.2, 0.25) is 0 Å². The van der Waals surface area contributed by atoms with Crippen molar-refractivity contribution in [2.75, 3.05) is 19.6 Å². The first-order valence-electron chi connectivity index (χ1n) is 6.37. The van der Waals surface area contributed by atoms with Crippen LogP contribution in [-0.2, 0) is 4.79 Å². The molecule has 1 heterocycles. The second kappa shape index (κ2) is 4.94. The molecule has 2 fully saturated rings. The molecule has 2 rings (SSSR count). The van der Waals surface area contributed by atoms with Gasteiger partial charge in [-0.05, 0) is 24.7 Å². The van der Waals surface area contributed by atoms with Gasteiger partial charge in [-0.25, -0.2) is 4.79 Å². The third-order valence-electron chi connectivity index (χ3n) is 3.93. The first-order chi connectivity index (χ1) is 8.11. The number of likely N-dealkylation sites (tertiary alicyclic amines) is 1. The zero-order valence-electron chi connectivity index (χ0n) is 10.2. The summed E-state index contributed by atoms with van der Waals surface area (Å²) >= 11 is 0. The van der Waals surface area contributed by atoms with E-state index >= 15 is 0 Å². The van der Waals surface area contributed by atoms with Gasteiger partial charge in [-0.2, -0.15) is 0 Å². The molecule has 1 aliphatic carbocycles. The van der Waals surface area contributed by atoms with Crippen LogP contribution in [0.5, 0.6) is 0 Å². The number of hydrogen-bond donors (Lipinski definition) is 2. The number of urea groups is 1. The second-order valence-corrected chi connectivity index (χ2v) is 5.12. The van der Waals surface area contributed by atoms with Gasteiger partial charge in [0.25, 0.3) is 0 Å². The van der Waals surface area contributed by atoms with Crippen molar-refractivity contribution in [1.82, 2.24) is 10.2 Å². The number of aliphatic carboxylic acids is 1. The molecular formula is C12H20N2O3. The van der Waals surface area contributed by atoms with Gasteiger partial charge in [0.1, 0.15) is 0 Å². The van der Waals surface area contributed by atoms with Crippen LogP contribution in [0, 0.1) is 17.8 Å². The topological polar surface area (TPSA) is 69.6 Å². The number of amides is 2. The Morgan fingerprint density at radius 3 is 2.71 bits per heavy atom. The fourth-order valence-electron chi connectivity index (χ4n) is 2.54. The highest BCUT2D eigenvalue weighted by Gasteiger charge is 2.36. The molecule has 0 radical (unpaired) electrons. The summed E-state index contributed by atoms with van der Waals surface area (Å²) in [5.74, 6) is 0.237. The van der Waals surface area contributed by atoms with Gasteiger partial charge in [-0.1, -0.05) is 13.3 Å². The van der Waals surface area contributed by atoms with Crippen molar-refractivity contribution in [1.29, 1.82) is 0 Å². The van der Waals surface area contributed by atoms with Crippen molar-refractivity contribution in [2.24, 2.45) is 17.8 Å². The Kier molecular flexibility index (Phi) is 3.54. The Bertz CT molecular complexity index is 319. The average Bonchev–Trinajstić information content (AvgIpc) is 2.88. The Labute approximate surface area is 101 Å². The zero-order chi connectivity index (χ0) is 12.4. The summed E-state index contributed by atoms with van der Waals surface area (Å²) < 4.78 is 0. The van der Waals surface area contributed by atoms with Crippen LogP contribution in [0.1, 0.15) is 26.2 Å². The van der Waals surface area contributed by atoms with Gasteiger partial charge in [0.05, 0.1) is 5.92 Å². The molecule has 5 heteroatoms. The van der Waals surface area contributed by atoms with Crippen LogP contribution >= 0.6 is 0 Å². The van der Waals surface area contributed by atoms with E-state index in [9.17, 15) is 9.59 Å². The standard InChI is InChI=1S/C12H20N2O3/c1-2-8-5-10(8)6-13-12(17)14-4-3-9(7-14)11(15)16/h8-10H,2-7H2,1H3,(H,13,17)(H,15,16)/t8-,9?,10+/m1/s1. The van der Waals surface area contributed by atoms with Crippen LogP contribution in [-0.4, -0.2) is 41.6 Å². The summed E-state index contributed by atoms with van der Waals surface area (Å²) in [5, 5.41) is 11.8. The molecule has 1 aliphatic heterocycles. The fourth-order valence-corrected chi connectivity index (χ4v) is 2.54. The van der Waals surface area contributed by atoms with Crippen molar-refractivity contribution in [3.63, 3.8) is 0 Å². The number of carboxylic acids is 1. The molecular weight excluding hydrogens is 220 g/mol. The van der Waals surface area contributed by atoms with Crippen LogP contribution in [0.25, 0.3) is 0 Å². The van der Waals surface area contributed by atoms with Crippen molar-refractivity contribution in [3.05, 3.63) is 0 Å². The minimum atomic E-state index is -0.798. The van der Waals surface area contributed by atoms with E-state index in [0.29, 0.717) is 25.4 Å². The Morgan fingerprint density at radius 2 is 2.18 bits per heavy atom. The number of rotatable bonds is 4. The van der Waals surface area contributed by atoms with E-state index in [4.69, 9.17) is 5.11 Å². The molecule has 2 aliphatic rings. The van der Waals surface area contributed by atoms with Gasteiger partial charge < -0.3 is 15.3 Å². The Hall–Kier alpha value is -1.26. The number of hydrogen-bond acceptors (Lipinski definition) is 2. The minimum absolute atomic E-state index is 0.101. The predicted molar refractivity (Wildman–Crippen MR) is 62.6 cm³/mol. The summed E-state index contributed by atoms with van der Waals surface area (Å²) in [5.41, 5.74) is 0. The molecule has 0 spiro atoms. The van der Waals surface area contributed by atoms with Gasteiger partial charge in [0, 0.05) is 19.6 Å².